The van der Waals surface area contributed by atoms with E-state index in [4.69, 9.17) is 4.42 Å². The fourth-order valence-electron chi connectivity index (χ4n) is 1.50. The molecule has 0 spiro atoms. The standard InChI is InChI=1S/C10H13N3OS/c1-2-11-9(10-6-12-15-13-10)5-8-3-4-14-7-8/h3-4,6-7,9,11H,2,5H2,1H3. The van der Waals surface area contributed by atoms with Crippen molar-refractivity contribution in [2.24, 2.45) is 0 Å². The van der Waals surface area contributed by atoms with E-state index < -0.39 is 0 Å². The highest BCUT2D eigenvalue weighted by Gasteiger charge is 2.14. The molecule has 0 aliphatic rings. The van der Waals surface area contributed by atoms with E-state index >= 15 is 0 Å². The van der Waals surface area contributed by atoms with Crippen molar-refractivity contribution in [2.45, 2.75) is 19.4 Å². The van der Waals surface area contributed by atoms with E-state index in [1.165, 1.54) is 17.3 Å². The van der Waals surface area contributed by atoms with E-state index in [0.29, 0.717) is 0 Å². The molecule has 2 rings (SSSR count). The summed E-state index contributed by atoms with van der Waals surface area (Å²) in [7, 11) is 0. The lowest BCUT2D eigenvalue weighted by molar-refractivity contribution is 0.528. The van der Waals surface area contributed by atoms with Gasteiger partial charge in [-0.25, -0.2) is 0 Å². The van der Waals surface area contributed by atoms with Crippen LogP contribution in [0.2, 0.25) is 0 Å². The van der Waals surface area contributed by atoms with E-state index in [0.717, 1.165) is 18.7 Å². The highest BCUT2D eigenvalue weighted by Crippen LogP contribution is 2.16. The van der Waals surface area contributed by atoms with Crippen LogP contribution in [0.3, 0.4) is 0 Å². The second-order valence-electron chi connectivity index (χ2n) is 3.28. The van der Waals surface area contributed by atoms with Crippen molar-refractivity contribution in [3.63, 3.8) is 0 Å². The lowest BCUT2D eigenvalue weighted by Gasteiger charge is -2.13. The summed E-state index contributed by atoms with van der Waals surface area (Å²) in [5, 5.41) is 3.39. The third-order valence-corrected chi connectivity index (χ3v) is 2.70. The van der Waals surface area contributed by atoms with Crippen molar-refractivity contribution in [1.29, 1.82) is 0 Å². The number of nitrogens with zero attached hydrogens (tertiary/aromatic N) is 2. The van der Waals surface area contributed by atoms with Crippen molar-refractivity contribution in [3.8, 4) is 0 Å². The topological polar surface area (TPSA) is 51.0 Å². The summed E-state index contributed by atoms with van der Waals surface area (Å²) in [6, 6.07) is 2.20. The fourth-order valence-corrected chi connectivity index (χ4v) is 1.97. The number of furan rings is 1. The molecule has 0 aromatic carbocycles. The summed E-state index contributed by atoms with van der Waals surface area (Å²) in [5.41, 5.74) is 2.18. The molecule has 2 aromatic heterocycles. The minimum atomic E-state index is 0.228. The van der Waals surface area contributed by atoms with Crippen molar-refractivity contribution < 1.29 is 4.42 Å². The molecule has 0 aliphatic carbocycles. The van der Waals surface area contributed by atoms with Gasteiger partial charge < -0.3 is 9.73 Å². The molecule has 4 nitrogen and oxygen atoms in total. The number of likely N-dealkylation sites (N-methyl/N-ethyl adjacent to an activating group) is 1. The van der Waals surface area contributed by atoms with Crippen LogP contribution in [0.5, 0.6) is 0 Å². The van der Waals surface area contributed by atoms with E-state index in [2.05, 4.69) is 21.0 Å². The average Bonchev–Trinajstić information content (AvgIpc) is 2.89. The molecule has 0 saturated heterocycles. The summed E-state index contributed by atoms with van der Waals surface area (Å²) in [5.74, 6) is 0. The summed E-state index contributed by atoms with van der Waals surface area (Å²) >= 11 is 1.24. The molecule has 5 heteroatoms. The van der Waals surface area contributed by atoms with Gasteiger partial charge in [0.15, 0.2) is 0 Å². The van der Waals surface area contributed by atoms with Gasteiger partial charge in [0.25, 0.3) is 0 Å². The van der Waals surface area contributed by atoms with E-state index in [9.17, 15) is 0 Å². The molecule has 0 bridgehead atoms. The normalized spacial score (nSPS) is 12.9. The van der Waals surface area contributed by atoms with E-state index in [1.807, 2.05) is 12.3 Å². The quantitative estimate of drug-likeness (QED) is 0.842. The van der Waals surface area contributed by atoms with Gasteiger partial charge in [-0.1, -0.05) is 6.92 Å². The Morgan fingerprint density at radius 3 is 3.13 bits per heavy atom. The van der Waals surface area contributed by atoms with Crippen molar-refractivity contribution in [2.75, 3.05) is 6.54 Å². The van der Waals surface area contributed by atoms with Crippen LogP contribution in [0, 0.1) is 0 Å². The zero-order chi connectivity index (χ0) is 10.5. The van der Waals surface area contributed by atoms with Gasteiger partial charge >= 0.3 is 0 Å². The van der Waals surface area contributed by atoms with Gasteiger partial charge in [-0.15, -0.1) is 0 Å². The lowest BCUT2D eigenvalue weighted by Crippen LogP contribution is -2.23. The zero-order valence-corrected chi connectivity index (χ0v) is 9.33. The molecule has 0 aliphatic heterocycles. The van der Waals surface area contributed by atoms with Crippen LogP contribution >= 0.6 is 11.7 Å². The number of nitrogens with one attached hydrogen (secondary N) is 1. The molecule has 0 amide bonds. The predicted octanol–water partition coefficient (Wildman–Crippen LogP) is 2.02. The van der Waals surface area contributed by atoms with Crippen LogP contribution in [-0.2, 0) is 6.42 Å². The highest BCUT2D eigenvalue weighted by molar-refractivity contribution is 6.99. The maximum Gasteiger partial charge on any atom is 0.0935 e. The van der Waals surface area contributed by atoms with Gasteiger partial charge in [-0.05, 0) is 24.6 Å². The third-order valence-electron chi connectivity index (χ3n) is 2.21. The van der Waals surface area contributed by atoms with Gasteiger partial charge in [0.2, 0.25) is 0 Å². The second-order valence-corrected chi connectivity index (χ2v) is 3.83. The summed E-state index contributed by atoms with van der Waals surface area (Å²) < 4.78 is 13.3. The first-order chi connectivity index (χ1) is 7.40. The maximum atomic E-state index is 5.05. The van der Waals surface area contributed by atoms with Crippen LogP contribution in [0.1, 0.15) is 24.2 Å². The molecule has 1 atom stereocenters. The van der Waals surface area contributed by atoms with Crippen molar-refractivity contribution in [3.05, 3.63) is 36.0 Å². The van der Waals surface area contributed by atoms with Crippen molar-refractivity contribution >= 4 is 11.7 Å². The molecule has 2 heterocycles. The van der Waals surface area contributed by atoms with Gasteiger partial charge in [0.05, 0.1) is 42.2 Å². The van der Waals surface area contributed by atoms with Crippen LogP contribution < -0.4 is 5.32 Å². The molecule has 0 fully saturated rings. The molecule has 1 N–H and O–H groups in total. The summed E-state index contributed by atoms with van der Waals surface area (Å²) in [6.07, 6.45) is 6.16. The fraction of sp³-hybridized carbons (Fsp3) is 0.400. The first-order valence-electron chi connectivity index (χ1n) is 4.92. The van der Waals surface area contributed by atoms with Crippen LogP contribution in [-0.4, -0.2) is 15.3 Å². The van der Waals surface area contributed by atoms with E-state index in [1.54, 1.807) is 12.5 Å². The molecule has 2 aromatic rings. The predicted molar refractivity (Wildman–Crippen MR) is 58.7 cm³/mol. The second kappa shape index (κ2) is 5.04. The minimum Gasteiger partial charge on any atom is -0.472 e. The lowest BCUT2D eigenvalue weighted by atomic mass is 10.1. The monoisotopic (exact) mass is 223 g/mol. The largest absolute Gasteiger partial charge is 0.472 e. The van der Waals surface area contributed by atoms with E-state index in [-0.39, 0.29) is 6.04 Å². The Kier molecular flexibility index (Phi) is 3.47. The first kappa shape index (κ1) is 10.3. The summed E-state index contributed by atoms with van der Waals surface area (Å²) in [6.45, 7) is 3.00. The Morgan fingerprint density at radius 2 is 2.53 bits per heavy atom. The smallest absolute Gasteiger partial charge is 0.0935 e. The molecule has 0 saturated carbocycles. The Labute approximate surface area is 92.7 Å². The Hall–Kier alpha value is -1.20. The molecular weight excluding hydrogens is 210 g/mol. The van der Waals surface area contributed by atoms with Gasteiger partial charge in [0.1, 0.15) is 0 Å². The zero-order valence-electron chi connectivity index (χ0n) is 8.51. The number of hydrogen-bond donors (Lipinski definition) is 1. The van der Waals surface area contributed by atoms with Gasteiger partial charge in [0, 0.05) is 0 Å². The average molecular weight is 223 g/mol. The van der Waals surface area contributed by atoms with Crippen LogP contribution in [0.25, 0.3) is 0 Å². The summed E-state index contributed by atoms with van der Waals surface area (Å²) in [4.78, 5) is 0. The van der Waals surface area contributed by atoms with Crippen molar-refractivity contribution in [1.82, 2.24) is 14.1 Å². The highest BCUT2D eigenvalue weighted by atomic mass is 32.1. The SMILES string of the molecule is CCNC(Cc1ccoc1)c1cnsn1. The van der Waals surface area contributed by atoms with Crippen LogP contribution in [0.4, 0.5) is 0 Å². The third kappa shape index (κ3) is 2.64. The molecule has 80 valence electrons. The van der Waals surface area contributed by atoms with Gasteiger partial charge in [-0.3, -0.25) is 0 Å². The molecule has 1 unspecified atom stereocenters. The maximum absolute atomic E-state index is 5.05. The molecule has 15 heavy (non-hydrogen) atoms. The Morgan fingerprint density at radius 1 is 1.60 bits per heavy atom. The van der Waals surface area contributed by atoms with Crippen LogP contribution in [0.15, 0.2) is 29.2 Å². The van der Waals surface area contributed by atoms with Gasteiger partial charge in [-0.2, -0.15) is 8.75 Å². The number of hydrogen-bond acceptors (Lipinski definition) is 5. The number of aromatic nitrogens is 2. The Bertz CT molecular complexity index is 371. The molecule has 0 radical (unpaired) electrons. The minimum absolute atomic E-state index is 0.228. The Balaban J connectivity index is 2.07. The number of rotatable bonds is 5. The first-order valence-corrected chi connectivity index (χ1v) is 5.65. The molecular formula is C10H13N3OS.